The fraction of sp³-hybridized carbons (Fsp3) is 0.0714. The van der Waals surface area contributed by atoms with Crippen LogP contribution in [0.2, 0.25) is 5.02 Å². The number of hydrogen-bond acceptors (Lipinski definition) is 4. The quantitative estimate of drug-likeness (QED) is 0.269. The SMILES string of the molecule is O=C(Nc1ccccc1C(=O)NCCc1ccccc1)c1ccc(NS(=O)(=O)c2ccccc2)cc1Cl. The molecule has 2 amide bonds. The van der Waals surface area contributed by atoms with E-state index >= 15 is 0 Å². The molecular formula is C28H24ClN3O4S. The summed E-state index contributed by atoms with van der Waals surface area (Å²) in [4.78, 5) is 25.8. The molecule has 0 radical (unpaired) electrons. The number of halogens is 1. The highest BCUT2D eigenvalue weighted by molar-refractivity contribution is 7.92. The number of carbonyl (C=O) groups is 2. The van der Waals surface area contributed by atoms with Gasteiger partial charge >= 0.3 is 0 Å². The van der Waals surface area contributed by atoms with Gasteiger partial charge in [0.25, 0.3) is 21.8 Å². The average molecular weight is 534 g/mol. The van der Waals surface area contributed by atoms with Crippen molar-refractivity contribution in [2.45, 2.75) is 11.3 Å². The first-order chi connectivity index (χ1) is 17.8. The Morgan fingerprint density at radius 1 is 0.730 bits per heavy atom. The van der Waals surface area contributed by atoms with Gasteiger partial charge in [0, 0.05) is 6.54 Å². The number of carbonyl (C=O) groups excluding carboxylic acids is 2. The van der Waals surface area contributed by atoms with Crippen molar-refractivity contribution in [1.82, 2.24) is 5.32 Å². The summed E-state index contributed by atoms with van der Waals surface area (Å²) in [5.74, 6) is -0.851. The maximum Gasteiger partial charge on any atom is 0.261 e. The second-order valence-corrected chi connectivity index (χ2v) is 10.2. The minimum atomic E-state index is -3.81. The molecule has 0 spiro atoms. The summed E-state index contributed by atoms with van der Waals surface area (Å²) in [5.41, 5.74) is 2.09. The van der Waals surface area contributed by atoms with E-state index in [1.165, 1.54) is 30.3 Å². The van der Waals surface area contributed by atoms with Crippen LogP contribution in [0.4, 0.5) is 11.4 Å². The maximum atomic E-state index is 13.0. The highest BCUT2D eigenvalue weighted by Gasteiger charge is 2.18. The minimum Gasteiger partial charge on any atom is -0.352 e. The van der Waals surface area contributed by atoms with Crippen molar-refractivity contribution in [3.63, 3.8) is 0 Å². The molecule has 0 unspecified atom stereocenters. The molecule has 0 aliphatic heterocycles. The third-order valence-electron chi connectivity index (χ3n) is 5.48. The summed E-state index contributed by atoms with van der Waals surface area (Å²) in [7, 11) is -3.81. The monoisotopic (exact) mass is 533 g/mol. The van der Waals surface area contributed by atoms with E-state index in [4.69, 9.17) is 11.6 Å². The fourth-order valence-corrected chi connectivity index (χ4v) is 4.95. The predicted molar refractivity (Wildman–Crippen MR) is 146 cm³/mol. The molecule has 4 aromatic carbocycles. The van der Waals surface area contributed by atoms with Crippen molar-refractivity contribution in [2.24, 2.45) is 0 Å². The molecule has 4 rings (SSSR count). The first kappa shape index (κ1) is 25.9. The second kappa shape index (κ2) is 11.7. The van der Waals surface area contributed by atoms with E-state index in [1.54, 1.807) is 42.5 Å². The number of benzene rings is 4. The van der Waals surface area contributed by atoms with E-state index in [2.05, 4.69) is 15.4 Å². The van der Waals surface area contributed by atoms with Crippen molar-refractivity contribution < 1.29 is 18.0 Å². The molecule has 0 saturated carbocycles. The van der Waals surface area contributed by atoms with Gasteiger partial charge in [0.05, 0.1) is 32.4 Å². The molecule has 9 heteroatoms. The number of rotatable bonds is 9. The van der Waals surface area contributed by atoms with E-state index in [-0.39, 0.29) is 27.1 Å². The van der Waals surface area contributed by atoms with Crippen LogP contribution in [-0.4, -0.2) is 26.8 Å². The maximum absolute atomic E-state index is 13.0. The third kappa shape index (κ3) is 6.75. The Labute approximate surface area is 220 Å². The van der Waals surface area contributed by atoms with Gasteiger partial charge in [-0.05, 0) is 54.4 Å². The highest BCUT2D eigenvalue weighted by atomic mass is 35.5. The smallest absolute Gasteiger partial charge is 0.261 e. The first-order valence-electron chi connectivity index (χ1n) is 11.4. The molecule has 188 valence electrons. The van der Waals surface area contributed by atoms with Crippen molar-refractivity contribution in [2.75, 3.05) is 16.6 Å². The number of anilines is 2. The van der Waals surface area contributed by atoms with E-state index in [9.17, 15) is 18.0 Å². The number of nitrogens with one attached hydrogen (secondary N) is 3. The Morgan fingerprint density at radius 3 is 2.08 bits per heavy atom. The van der Waals surface area contributed by atoms with Crippen LogP contribution in [0, 0.1) is 0 Å². The summed E-state index contributed by atoms with van der Waals surface area (Å²) in [6.45, 7) is 0.442. The zero-order valence-corrected chi connectivity index (χ0v) is 21.2. The third-order valence-corrected chi connectivity index (χ3v) is 7.19. The molecule has 3 N–H and O–H groups in total. The molecule has 0 bridgehead atoms. The molecule has 7 nitrogen and oxygen atoms in total. The van der Waals surface area contributed by atoms with Gasteiger partial charge in [0.1, 0.15) is 0 Å². The van der Waals surface area contributed by atoms with Crippen LogP contribution in [0.3, 0.4) is 0 Å². The van der Waals surface area contributed by atoms with Crippen LogP contribution < -0.4 is 15.4 Å². The van der Waals surface area contributed by atoms with E-state index in [0.29, 0.717) is 24.2 Å². The summed E-state index contributed by atoms with van der Waals surface area (Å²) in [6.07, 6.45) is 0.678. The Balaban J connectivity index is 1.43. The van der Waals surface area contributed by atoms with Crippen molar-refractivity contribution >= 4 is 44.8 Å². The largest absolute Gasteiger partial charge is 0.352 e. The molecule has 0 fully saturated rings. The molecule has 0 aliphatic rings. The zero-order chi connectivity index (χ0) is 26.3. The normalized spacial score (nSPS) is 10.9. The molecule has 0 heterocycles. The molecule has 0 aliphatic carbocycles. The summed E-state index contributed by atoms with van der Waals surface area (Å²) >= 11 is 6.32. The van der Waals surface area contributed by atoms with Crippen molar-refractivity contribution in [3.8, 4) is 0 Å². The van der Waals surface area contributed by atoms with E-state index in [1.807, 2.05) is 30.3 Å². The van der Waals surface area contributed by atoms with Gasteiger partial charge in [0.2, 0.25) is 0 Å². The van der Waals surface area contributed by atoms with Crippen LogP contribution in [0.1, 0.15) is 26.3 Å². The number of sulfonamides is 1. The highest BCUT2D eigenvalue weighted by Crippen LogP contribution is 2.25. The molecular weight excluding hydrogens is 510 g/mol. The summed E-state index contributed by atoms with van der Waals surface area (Å²) in [6, 6.07) is 28.6. The number of hydrogen-bond donors (Lipinski definition) is 3. The van der Waals surface area contributed by atoms with Gasteiger partial charge in [-0.15, -0.1) is 0 Å². The van der Waals surface area contributed by atoms with Crippen LogP contribution in [-0.2, 0) is 16.4 Å². The van der Waals surface area contributed by atoms with Crippen LogP contribution >= 0.6 is 11.6 Å². The average Bonchev–Trinajstić information content (AvgIpc) is 2.90. The van der Waals surface area contributed by atoms with Gasteiger partial charge in [-0.25, -0.2) is 8.42 Å². The lowest BCUT2D eigenvalue weighted by Gasteiger charge is -2.13. The number of para-hydroxylation sites is 1. The lowest BCUT2D eigenvalue weighted by molar-refractivity contribution is 0.0955. The van der Waals surface area contributed by atoms with Gasteiger partial charge in [0.15, 0.2) is 0 Å². The number of amides is 2. The first-order valence-corrected chi connectivity index (χ1v) is 13.3. The Hall–Kier alpha value is -4.14. The van der Waals surface area contributed by atoms with Crippen molar-refractivity contribution in [1.29, 1.82) is 0 Å². The summed E-state index contributed by atoms with van der Waals surface area (Å²) < 4.78 is 27.6. The Morgan fingerprint density at radius 2 is 1.38 bits per heavy atom. The van der Waals surface area contributed by atoms with Crippen LogP contribution in [0.5, 0.6) is 0 Å². The molecule has 0 aromatic heterocycles. The topological polar surface area (TPSA) is 104 Å². The van der Waals surface area contributed by atoms with Gasteiger partial charge in [-0.1, -0.05) is 72.3 Å². The lowest BCUT2D eigenvalue weighted by atomic mass is 10.1. The molecule has 0 atom stereocenters. The molecule has 4 aromatic rings. The van der Waals surface area contributed by atoms with E-state index in [0.717, 1.165) is 5.56 Å². The molecule has 37 heavy (non-hydrogen) atoms. The predicted octanol–water partition coefficient (Wildman–Crippen LogP) is 5.37. The van der Waals surface area contributed by atoms with Crippen LogP contribution in [0.15, 0.2) is 108 Å². The Bertz CT molecular complexity index is 1510. The van der Waals surface area contributed by atoms with Crippen molar-refractivity contribution in [3.05, 3.63) is 125 Å². The molecule has 0 saturated heterocycles. The van der Waals surface area contributed by atoms with Gasteiger partial charge < -0.3 is 10.6 Å². The van der Waals surface area contributed by atoms with Gasteiger partial charge in [-0.2, -0.15) is 0 Å². The minimum absolute atomic E-state index is 0.0514. The Kier molecular flexibility index (Phi) is 8.22. The van der Waals surface area contributed by atoms with Gasteiger partial charge in [-0.3, -0.25) is 14.3 Å². The zero-order valence-electron chi connectivity index (χ0n) is 19.6. The van der Waals surface area contributed by atoms with E-state index < -0.39 is 15.9 Å². The standard InChI is InChI=1S/C28H24ClN3O4S/c29-25-19-21(32-37(35,36)22-11-5-2-6-12-22)15-16-23(25)28(34)31-26-14-8-7-13-24(26)27(33)30-18-17-20-9-3-1-4-10-20/h1-16,19,32H,17-18H2,(H,30,33)(H,31,34). The van der Waals surface area contributed by atoms with Crippen LogP contribution in [0.25, 0.3) is 0 Å². The second-order valence-electron chi connectivity index (χ2n) is 8.10. The summed E-state index contributed by atoms with van der Waals surface area (Å²) in [5, 5.41) is 5.65. The fourth-order valence-electron chi connectivity index (χ4n) is 3.62. The lowest BCUT2D eigenvalue weighted by Crippen LogP contribution is -2.27.